The number of para-hydroxylation sites is 1. The topological polar surface area (TPSA) is 73.0 Å². The van der Waals surface area contributed by atoms with Crippen LogP contribution < -0.4 is 5.56 Å². The van der Waals surface area contributed by atoms with Gasteiger partial charge in [-0.05, 0) is 38.3 Å². The van der Waals surface area contributed by atoms with Gasteiger partial charge in [-0.2, -0.15) is 4.68 Å². The molecular formula is C21H25N5O2S. The lowest BCUT2D eigenvalue weighted by molar-refractivity contribution is -0.127. The second-order valence-electron chi connectivity index (χ2n) is 7.55. The number of hydrogen-bond acceptors (Lipinski definition) is 5. The number of hydrogen-bond donors (Lipinski definition) is 0. The molecule has 0 bridgehead atoms. The first-order chi connectivity index (χ1) is 14.0. The number of aromatic nitrogens is 4. The van der Waals surface area contributed by atoms with Crippen LogP contribution in [-0.4, -0.2) is 49.5 Å². The van der Waals surface area contributed by atoms with E-state index in [1.54, 1.807) is 19.0 Å². The van der Waals surface area contributed by atoms with Crippen LogP contribution >= 0.6 is 11.8 Å². The molecule has 0 aliphatic carbocycles. The molecule has 0 saturated heterocycles. The van der Waals surface area contributed by atoms with E-state index in [0.717, 1.165) is 48.8 Å². The third kappa shape index (κ3) is 3.69. The lowest BCUT2D eigenvalue weighted by atomic mass is 10.1. The zero-order valence-electron chi connectivity index (χ0n) is 17.0. The van der Waals surface area contributed by atoms with E-state index < -0.39 is 0 Å². The van der Waals surface area contributed by atoms with E-state index >= 15 is 0 Å². The molecule has 4 rings (SSSR count). The normalized spacial score (nSPS) is 15.0. The van der Waals surface area contributed by atoms with Crippen LogP contribution in [0.5, 0.6) is 0 Å². The molecule has 1 aromatic carbocycles. The number of rotatable bonds is 4. The first-order valence-corrected chi connectivity index (χ1v) is 10.8. The minimum Gasteiger partial charge on any atom is -0.348 e. The average Bonchev–Trinajstić information content (AvgIpc) is 2.89. The van der Waals surface area contributed by atoms with Crippen molar-refractivity contribution in [2.45, 2.75) is 49.6 Å². The molecule has 8 heteroatoms. The molecule has 1 amide bonds. The van der Waals surface area contributed by atoms with E-state index in [1.807, 2.05) is 37.3 Å². The number of benzene rings is 1. The van der Waals surface area contributed by atoms with Gasteiger partial charge in [-0.3, -0.25) is 9.59 Å². The zero-order chi connectivity index (χ0) is 20.5. The maximum absolute atomic E-state index is 13.2. The van der Waals surface area contributed by atoms with Gasteiger partial charge in [0.2, 0.25) is 5.91 Å². The molecule has 0 spiro atoms. The molecule has 0 radical (unpaired) electrons. The highest BCUT2D eigenvalue weighted by atomic mass is 32.2. The second-order valence-corrected chi connectivity index (χ2v) is 8.86. The average molecular weight is 412 g/mol. The number of fused-ring (bicyclic) bond motifs is 3. The van der Waals surface area contributed by atoms with Crippen LogP contribution in [0.1, 0.15) is 31.9 Å². The Balaban J connectivity index is 1.87. The monoisotopic (exact) mass is 411 g/mol. The molecule has 3 aliphatic rings. The van der Waals surface area contributed by atoms with E-state index in [-0.39, 0.29) is 16.7 Å². The van der Waals surface area contributed by atoms with E-state index in [4.69, 9.17) is 4.98 Å². The quantitative estimate of drug-likeness (QED) is 0.488. The van der Waals surface area contributed by atoms with Crippen LogP contribution in [0.15, 0.2) is 40.3 Å². The van der Waals surface area contributed by atoms with Crippen LogP contribution in [0.2, 0.25) is 0 Å². The van der Waals surface area contributed by atoms with E-state index in [2.05, 4.69) is 9.67 Å². The van der Waals surface area contributed by atoms with Gasteiger partial charge >= 0.3 is 0 Å². The highest BCUT2D eigenvalue weighted by Gasteiger charge is 2.28. The fraction of sp³-hybridized carbons (Fsp3) is 0.429. The summed E-state index contributed by atoms with van der Waals surface area (Å²) in [6.07, 6.45) is 4.00. The van der Waals surface area contributed by atoms with Gasteiger partial charge in [-0.25, -0.2) is 4.98 Å². The molecule has 3 heterocycles. The smallest absolute Gasteiger partial charge is 0.284 e. The van der Waals surface area contributed by atoms with Crippen molar-refractivity contribution in [3.8, 4) is 17.1 Å². The molecule has 29 heavy (non-hydrogen) atoms. The summed E-state index contributed by atoms with van der Waals surface area (Å²) < 4.78 is 3.57. The van der Waals surface area contributed by atoms with Crippen LogP contribution in [0, 0.1) is 0 Å². The van der Waals surface area contributed by atoms with Gasteiger partial charge in [0.1, 0.15) is 5.56 Å². The zero-order valence-corrected chi connectivity index (χ0v) is 17.8. The maximum Gasteiger partial charge on any atom is 0.284 e. The van der Waals surface area contributed by atoms with Crippen LogP contribution in [0.4, 0.5) is 0 Å². The number of carbonyl (C=O) groups excluding carboxylic acids is 1. The van der Waals surface area contributed by atoms with Gasteiger partial charge in [0.05, 0.1) is 10.9 Å². The van der Waals surface area contributed by atoms with Gasteiger partial charge < -0.3 is 9.47 Å². The molecule has 3 aliphatic heterocycles. The number of nitrogens with zero attached hydrogens (tertiary/aromatic N) is 5. The lowest BCUT2D eigenvalue weighted by Crippen LogP contribution is -2.30. The van der Waals surface area contributed by atoms with E-state index in [9.17, 15) is 9.59 Å². The molecule has 1 atom stereocenters. The molecule has 0 aromatic heterocycles. The van der Waals surface area contributed by atoms with Crippen LogP contribution in [0.25, 0.3) is 17.1 Å². The summed E-state index contributed by atoms with van der Waals surface area (Å²) in [5.74, 6) is 0.498. The van der Waals surface area contributed by atoms with Crippen molar-refractivity contribution in [3.63, 3.8) is 0 Å². The Morgan fingerprint density at radius 2 is 1.93 bits per heavy atom. The number of carbonyl (C=O) groups is 1. The Bertz CT molecular complexity index is 1060. The van der Waals surface area contributed by atoms with Crippen molar-refractivity contribution in [1.29, 1.82) is 0 Å². The summed E-state index contributed by atoms with van der Waals surface area (Å²) in [5.41, 5.74) is 2.20. The first-order valence-electron chi connectivity index (χ1n) is 9.93. The molecule has 0 fully saturated rings. The Morgan fingerprint density at radius 1 is 1.17 bits per heavy atom. The van der Waals surface area contributed by atoms with Crippen molar-refractivity contribution in [3.05, 3.63) is 46.4 Å². The third-order valence-electron chi connectivity index (χ3n) is 5.24. The Labute approximate surface area is 174 Å². The largest absolute Gasteiger partial charge is 0.348 e. The minimum atomic E-state index is -0.266. The fourth-order valence-corrected chi connectivity index (χ4v) is 4.86. The van der Waals surface area contributed by atoms with Crippen molar-refractivity contribution >= 4 is 17.7 Å². The molecule has 1 unspecified atom stereocenters. The lowest BCUT2D eigenvalue weighted by Gasteiger charge is -2.21. The highest BCUT2D eigenvalue weighted by Crippen LogP contribution is 2.32. The van der Waals surface area contributed by atoms with Crippen molar-refractivity contribution in [2.75, 3.05) is 14.1 Å². The Kier molecular flexibility index (Phi) is 5.45. The second kappa shape index (κ2) is 8.02. The molecule has 0 saturated carbocycles. The number of amides is 1. The van der Waals surface area contributed by atoms with Crippen molar-refractivity contribution in [1.82, 2.24) is 24.2 Å². The third-order valence-corrected chi connectivity index (χ3v) is 6.32. The fourth-order valence-electron chi connectivity index (χ4n) is 3.76. The predicted octanol–water partition coefficient (Wildman–Crippen LogP) is 2.83. The molecule has 152 valence electrons. The number of thioether (sulfide) groups is 1. The summed E-state index contributed by atoms with van der Waals surface area (Å²) in [6.45, 7) is 2.70. The standard InChI is InChI=1S/C21H25N5O2S/c1-14(19(27)24(2)3)29-21-22-18-17(16-12-8-5-9-13-25(16)21)20(28)26(23-18)15-10-6-4-7-11-15/h4,6-7,10-11,14H,5,8-9,12-13H2,1-3H3. The maximum atomic E-state index is 13.2. The molecular weight excluding hydrogens is 386 g/mol. The first kappa shape index (κ1) is 19.7. The van der Waals surface area contributed by atoms with Gasteiger partial charge in [0, 0.05) is 26.3 Å². The van der Waals surface area contributed by atoms with Crippen LogP contribution in [-0.2, 0) is 17.8 Å². The van der Waals surface area contributed by atoms with Crippen LogP contribution in [0.3, 0.4) is 0 Å². The van der Waals surface area contributed by atoms with E-state index in [0.29, 0.717) is 11.4 Å². The van der Waals surface area contributed by atoms with Gasteiger partial charge in [0.15, 0.2) is 11.0 Å². The highest BCUT2D eigenvalue weighted by molar-refractivity contribution is 8.00. The Morgan fingerprint density at radius 3 is 2.66 bits per heavy atom. The Hall–Kier alpha value is -2.61. The van der Waals surface area contributed by atoms with Gasteiger partial charge in [-0.15, -0.1) is 5.10 Å². The minimum absolute atomic E-state index is 0.0409. The van der Waals surface area contributed by atoms with E-state index in [1.165, 1.54) is 16.4 Å². The molecule has 1 aromatic rings. The predicted molar refractivity (Wildman–Crippen MR) is 114 cm³/mol. The summed E-state index contributed by atoms with van der Waals surface area (Å²) in [7, 11) is 3.52. The summed E-state index contributed by atoms with van der Waals surface area (Å²) in [6, 6.07) is 9.42. The summed E-state index contributed by atoms with van der Waals surface area (Å²) in [5, 5.41) is 5.03. The summed E-state index contributed by atoms with van der Waals surface area (Å²) in [4.78, 5) is 32.0. The van der Waals surface area contributed by atoms with Gasteiger partial charge in [-0.1, -0.05) is 36.4 Å². The van der Waals surface area contributed by atoms with Crippen molar-refractivity contribution in [2.24, 2.45) is 0 Å². The SMILES string of the molecule is CC(Sc1nc2nn(-c3ccccc3)c(=O)c-2c2n1CCCCC2)C(=O)N(C)C. The van der Waals surface area contributed by atoms with Gasteiger partial charge in [0.25, 0.3) is 5.56 Å². The summed E-state index contributed by atoms with van der Waals surface area (Å²) >= 11 is 1.44. The van der Waals surface area contributed by atoms with Crippen molar-refractivity contribution < 1.29 is 4.79 Å². The molecule has 0 N–H and O–H groups in total. The molecule has 7 nitrogen and oxygen atoms in total.